The molecule has 0 saturated carbocycles. The quantitative estimate of drug-likeness (QED) is 0.251. The third-order valence-corrected chi connectivity index (χ3v) is 4.20. The van der Waals surface area contributed by atoms with Crippen molar-refractivity contribution in [2.45, 2.75) is 61.4 Å². The molecule has 11 heteroatoms. The molecule has 7 N–H and O–H groups in total. The molecule has 2 saturated heterocycles. The first-order valence-electron chi connectivity index (χ1n) is 7.46. The zero-order valence-corrected chi connectivity index (χ0v) is 13.0. The minimum atomic E-state index is -1.68. The standard InChI is InChI=1S/C13H24O11/c1-21-13-11(9(19)7(17)5(3-15)23-13)24-12-10(20)8(18)6(16)4(2-14)22-12/h4-20H,2-3H2,1H3/t4-,5-,6+,7+,8+,9+,10+,11+,12-,13+/m1/s1. The molecule has 0 aromatic rings. The Balaban J connectivity index is 2.12. The summed E-state index contributed by atoms with van der Waals surface area (Å²) in [4.78, 5) is 0. The zero-order valence-electron chi connectivity index (χ0n) is 13.0. The van der Waals surface area contributed by atoms with Gasteiger partial charge in [0.2, 0.25) is 0 Å². The van der Waals surface area contributed by atoms with E-state index in [4.69, 9.17) is 29.2 Å². The fraction of sp³-hybridized carbons (Fsp3) is 1.00. The third kappa shape index (κ3) is 3.71. The molecule has 0 aromatic heterocycles. The van der Waals surface area contributed by atoms with Crippen LogP contribution in [0.3, 0.4) is 0 Å². The van der Waals surface area contributed by atoms with Gasteiger partial charge >= 0.3 is 0 Å². The second-order valence-corrected chi connectivity index (χ2v) is 5.74. The van der Waals surface area contributed by atoms with E-state index >= 15 is 0 Å². The fourth-order valence-corrected chi connectivity index (χ4v) is 2.73. The van der Waals surface area contributed by atoms with Crippen LogP contribution in [0.2, 0.25) is 0 Å². The van der Waals surface area contributed by atoms with Crippen LogP contribution in [0.5, 0.6) is 0 Å². The van der Waals surface area contributed by atoms with Crippen LogP contribution < -0.4 is 0 Å². The van der Waals surface area contributed by atoms with Crippen LogP contribution in [0.15, 0.2) is 0 Å². The molecular formula is C13H24O11. The molecule has 0 spiro atoms. The van der Waals surface area contributed by atoms with Gasteiger partial charge in [0, 0.05) is 7.11 Å². The lowest BCUT2D eigenvalue weighted by Crippen LogP contribution is -2.64. The van der Waals surface area contributed by atoms with Crippen LogP contribution in [0.4, 0.5) is 0 Å². The van der Waals surface area contributed by atoms with Crippen LogP contribution in [-0.4, -0.2) is 117 Å². The monoisotopic (exact) mass is 356 g/mol. The molecule has 0 amide bonds. The summed E-state index contributed by atoms with van der Waals surface area (Å²) in [6, 6.07) is 0. The maximum Gasteiger partial charge on any atom is 0.187 e. The molecule has 0 aromatic carbocycles. The van der Waals surface area contributed by atoms with Crippen molar-refractivity contribution in [2.75, 3.05) is 20.3 Å². The molecule has 24 heavy (non-hydrogen) atoms. The van der Waals surface area contributed by atoms with Crippen molar-refractivity contribution >= 4 is 0 Å². The number of hydrogen-bond donors (Lipinski definition) is 7. The first-order chi connectivity index (χ1) is 11.3. The molecule has 2 rings (SSSR count). The van der Waals surface area contributed by atoms with Crippen molar-refractivity contribution in [2.24, 2.45) is 0 Å². The molecule has 10 atom stereocenters. The van der Waals surface area contributed by atoms with Crippen LogP contribution in [0, 0.1) is 0 Å². The lowest BCUT2D eigenvalue weighted by atomic mass is 9.97. The number of aliphatic hydroxyl groups excluding tert-OH is 7. The van der Waals surface area contributed by atoms with E-state index in [2.05, 4.69) is 0 Å². The van der Waals surface area contributed by atoms with E-state index in [0.717, 1.165) is 0 Å². The smallest absolute Gasteiger partial charge is 0.187 e. The van der Waals surface area contributed by atoms with Gasteiger partial charge in [-0.2, -0.15) is 0 Å². The normalized spacial score (nSPS) is 50.0. The van der Waals surface area contributed by atoms with E-state index in [9.17, 15) is 25.5 Å². The Labute approximate surface area is 137 Å². The fourth-order valence-electron chi connectivity index (χ4n) is 2.73. The summed E-state index contributed by atoms with van der Waals surface area (Å²) in [6.07, 6.45) is -14.3. The zero-order chi connectivity index (χ0) is 18.0. The van der Waals surface area contributed by atoms with Crippen molar-refractivity contribution in [3.8, 4) is 0 Å². The third-order valence-electron chi connectivity index (χ3n) is 4.20. The van der Waals surface area contributed by atoms with Crippen molar-refractivity contribution in [3.63, 3.8) is 0 Å². The summed E-state index contributed by atoms with van der Waals surface area (Å²) in [7, 11) is 1.24. The van der Waals surface area contributed by atoms with Gasteiger partial charge < -0.3 is 54.7 Å². The number of methoxy groups -OCH3 is 1. The molecule has 2 aliphatic heterocycles. The van der Waals surface area contributed by atoms with E-state index in [1.807, 2.05) is 0 Å². The molecule has 2 fully saturated rings. The minimum Gasteiger partial charge on any atom is -0.394 e. The van der Waals surface area contributed by atoms with E-state index in [1.165, 1.54) is 7.11 Å². The lowest BCUT2D eigenvalue weighted by Gasteiger charge is -2.45. The van der Waals surface area contributed by atoms with Gasteiger partial charge in [-0.3, -0.25) is 0 Å². The largest absolute Gasteiger partial charge is 0.394 e. The maximum absolute atomic E-state index is 10.2. The minimum absolute atomic E-state index is 0.565. The van der Waals surface area contributed by atoms with Crippen molar-refractivity contribution in [3.05, 3.63) is 0 Å². The average Bonchev–Trinajstić information content (AvgIpc) is 2.59. The van der Waals surface area contributed by atoms with Gasteiger partial charge in [0.05, 0.1) is 13.2 Å². The maximum atomic E-state index is 10.2. The summed E-state index contributed by atoms with van der Waals surface area (Å²) in [6.45, 7) is -1.21. The van der Waals surface area contributed by atoms with Crippen molar-refractivity contribution < 1.29 is 54.7 Å². The summed E-state index contributed by atoms with van der Waals surface area (Å²) >= 11 is 0. The predicted molar refractivity (Wildman–Crippen MR) is 73.4 cm³/mol. The highest BCUT2D eigenvalue weighted by molar-refractivity contribution is 4.93. The SMILES string of the molecule is CO[C@H]1O[C@H](CO)[C@H](O)[C@H](O)[C@@H]1O[C@H]1O[C@H](CO)[C@H](O)[C@H](O)[C@@H]1O. The Morgan fingerprint density at radius 3 is 1.71 bits per heavy atom. The van der Waals surface area contributed by atoms with E-state index in [0.29, 0.717) is 0 Å². The van der Waals surface area contributed by atoms with E-state index in [-0.39, 0.29) is 0 Å². The highest BCUT2D eigenvalue weighted by Crippen LogP contribution is 2.29. The predicted octanol–water partition coefficient (Wildman–Crippen LogP) is -4.74. The number of hydrogen-bond acceptors (Lipinski definition) is 11. The molecule has 142 valence electrons. The second-order valence-electron chi connectivity index (χ2n) is 5.74. The number of rotatable bonds is 5. The lowest BCUT2D eigenvalue weighted by molar-refractivity contribution is -0.364. The first kappa shape index (κ1) is 19.9. The highest BCUT2D eigenvalue weighted by atomic mass is 16.8. The molecule has 0 aliphatic carbocycles. The van der Waals surface area contributed by atoms with E-state index in [1.54, 1.807) is 0 Å². The summed E-state index contributed by atoms with van der Waals surface area (Å²) in [5.41, 5.74) is 0. The van der Waals surface area contributed by atoms with Gasteiger partial charge in [0.15, 0.2) is 12.6 Å². The van der Waals surface area contributed by atoms with Crippen LogP contribution >= 0.6 is 0 Å². The van der Waals surface area contributed by atoms with Crippen LogP contribution in [-0.2, 0) is 18.9 Å². The molecule has 2 heterocycles. The average molecular weight is 356 g/mol. The van der Waals surface area contributed by atoms with Gasteiger partial charge in [0.1, 0.15) is 48.8 Å². The Hall–Kier alpha value is -0.440. The molecule has 0 unspecified atom stereocenters. The van der Waals surface area contributed by atoms with Crippen LogP contribution in [0.25, 0.3) is 0 Å². The molecule has 0 radical (unpaired) electrons. The highest BCUT2D eigenvalue weighted by Gasteiger charge is 2.50. The number of ether oxygens (including phenoxy) is 4. The Bertz CT molecular complexity index is 392. The topological polar surface area (TPSA) is 179 Å². The van der Waals surface area contributed by atoms with Gasteiger partial charge in [-0.05, 0) is 0 Å². The molecular weight excluding hydrogens is 332 g/mol. The van der Waals surface area contributed by atoms with Crippen LogP contribution in [0.1, 0.15) is 0 Å². The second kappa shape index (κ2) is 8.29. The first-order valence-corrected chi connectivity index (χ1v) is 7.46. The molecule has 2 aliphatic rings. The number of aliphatic hydroxyl groups is 7. The Morgan fingerprint density at radius 2 is 1.21 bits per heavy atom. The summed E-state index contributed by atoms with van der Waals surface area (Å²) in [5.74, 6) is 0. The Morgan fingerprint density at radius 1 is 0.708 bits per heavy atom. The van der Waals surface area contributed by atoms with Crippen molar-refractivity contribution in [1.82, 2.24) is 0 Å². The van der Waals surface area contributed by atoms with Gasteiger partial charge in [-0.15, -0.1) is 0 Å². The van der Waals surface area contributed by atoms with Gasteiger partial charge in [-0.25, -0.2) is 0 Å². The van der Waals surface area contributed by atoms with Gasteiger partial charge in [0.25, 0.3) is 0 Å². The van der Waals surface area contributed by atoms with E-state index < -0.39 is 74.6 Å². The Kier molecular flexibility index (Phi) is 6.87. The summed E-state index contributed by atoms with van der Waals surface area (Å²) in [5, 5.41) is 67.8. The summed E-state index contributed by atoms with van der Waals surface area (Å²) < 4.78 is 20.8. The molecule has 11 nitrogen and oxygen atoms in total. The molecule has 0 bridgehead atoms. The van der Waals surface area contributed by atoms with Crippen molar-refractivity contribution in [1.29, 1.82) is 0 Å². The van der Waals surface area contributed by atoms with Gasteiger partial charge in [-0.1, -0.05) is 0 Å².